The number of hydrogen-bond donors (Lipinski definition) is 0. The lowest BCUT2D eigenvalue weighted by atomic mass is 9.94. The fourth-order valence-corrected chi connectivity index (χ4v) is 1.91. The minimum atomic E-state index is -0.306. The van der Waals surface area contributed by atoms with Gasteiger partial charge in [-0.05, 0) is 18.9 Å². The lowest BCUT2D eigenvalue weighted by Crippen LogP contribution is -2.39. The Labute approximate surface area is 111 Å². The van der Waals surface area contributed by atoms with Crippen LogP contribution in [0.25, 0.3) is 0 Å². The first-order valence-electron chi connectivity index (χ1n) is 6.69. The first-order valence-corrected chi connectivity index (χ1v) is 6.69. The van der Waals surface area contributed by atoms with E-state index in [1.807, 2.05) is 25.7 Å². The Balaban J connectivity index is 2.80. The molecule has 0 heterocycles. The van der Waals surface area contributed by atoms with Gasteiger partial charge in [-0.25, -0.2) is 0 Å². The summed E-state index contributed by atoms with van der Waals surface area (Å²) in [6, 6.07) is 8.41. The summed E-state index contributed by atoms with van der Waals surface area (Å²) < 4.78 is 0. The van der Waals surface area contributed by atoms with E-state index in [0.717, 1.165) is 13.0 Å². The first kappa shape index (κ1) is 14.7. The van der Waals surface area contributed by atoms with Gasteiger partial charge in [0.1, 0.15) is 0 Å². The van der Waals surface area contributed by atoms with E-state index in [1.54, 1.807) is 0 Å². The topological polar surface area (TPSA) is 20.3 Å². The van der Waals surface area contributed by atoms with Gasteiger partial charge in [0, 0.05) is 18.5 Å². The first-order chi connectivity index (χ1) is 8.34. The number of nitrogens with zero attached hydrogens (tertiary/aromatic N) is 1. The largest absolute Gasteiger partial charge is 0.338 e. The SMILES string of the molecule is CCCN(Cc1ccc(C)cc1)C(=O)C(C)(C)C. The van der Waals surface area contributed by atoms with Gasteiger partial charge >= 0.3 is 0 Å². The molecule has 0 unspecified atom stereocenters. The number of aryl methyl sites for hydroxylation is 1. The smallest absolute Gasteiger partial charge is 0.228 e. The maximum atomic E-state index is 12.4. The van der Waals surface area contributed by atoms with Crippen LogP contribution in [-0.2, 0) is 11.3 Å². The van der Waals surface area contributed by atoms with Crippen molar-refractivity contribution in [2.45, 2.75) is 47.6 Å². The van der Waals surface area contributed by atoms with Crippen LogP contribution in [-0.4, -0.2) is 17.4 Å². The van der Waals surface area contributed by atoms with Crippen LogP contribution < -0.4 is 0 Å². The number of amides is 1. The van der Waals surface area contributed by atoms with E-state index in [1.165, 1.54) is 11.1 Å². The Morgan fingerprint density at radius 3 is 2.17 bits per heavy atom. The number of hydrogen-bond acceptors (Lipinski definition) is 1. The Morgan fingerprint density at radius 1 is 1.17 bits per heavy atom. The zero-order valence-electron chi connectivity index (χ0n) is 12.3. The average molecular weight is 247 g/mol. The highest BCUT2D eigenvalue weighted by Crippen LogP contribution is 2.19. The molecule has 1 aromatic carbocycles. The van der Waals surface area contributed by atoms with Gasteiger partial charge in [0.2, 0.25) is 5.91 Å². The van der Waals surface area contributed by atoms with E-state index < -0.39 is 0 Å². The molecule has 0 saturated carbocycles. The third-order valence-electron chi connectivity index (χ3n) is 2.92. The summed E-state index contributed by atoms with van der Waals surface area (Å²) in [6.07, 6.45) is 0.994. The van der Waals surface area contributed by atoms with Crippen LogP contribution >= 0.6 is 0 Å². The summed E-state index contributed by atoms with van der Waals surface area (Å²) in [4.78, 5) is 14.3. The summed E-state index contributed by atoms with van der Waals surface area (Å²) in [5.74, 6) is 0.227. The number of carbonyl (C=O) groups excluding carboxylic acids is 1. The predicted molar refractivity (Wildman–Crippen MR) is 76.3 cm³/mol. The summed E-state index contributed by atoms with van der Waals surface area (Å²) >= 11 is 0. The van der Waals surface area contributed by atoms with Crippen molar-refractivity contribution in [1.29, 1.82) is 0 Å². The zero-order valence-corrected chi connectivity index (χ0v) is 12.3. The maximum Gasteiger partial charge on any atom is 0.228 e. The molecule has 1 amide bonds. The molecule has 100 valence electrons. The maximum absolute atomic E-state index is 12.4. The van der Waals surface area contributed by atoms with E-state index in [4.69, 9.17) is 0 Å². The lowest BCUT2D eigenvalue weighted by Gasteiger charge is -2.29. The molecule has 0 saturated heterocycles. The normalized spacial score (nSPS) is 11.4. The molecule has 18 heavy (non-hydrogen) atoms. The van der Waals surface area contributed by atoms with E-state index in [9.17, 15) is 4.79 Å². The second kappa shape index (κ2) is 6.03. The van der Waals surface area contributed by atoms with E-state index in [2.05, 4.69) is 38.1 Å². The lowest BCUT2D eigenvalue weighted by molar-refractivity contribution is -0.140. The van der Waals surface area contributed by atoms with E-state index >= 15 is 0 Å². The molecule has 0 atom stereocenters. The van der Waals surface area contributed by atoms with Gasteiger partial charge in [0.25, 0.3) is 0 Å². The summed E-state index contributed by atoms with van der Waals surface area (Å²) in [5.41, 5.74) is 2.15. The molecule has 0 bridgehead atoms. The Morgan fingerprint density at radius 2 is 1.72 bits per heavy atom. The molecule has 1 rings (SSSR count). The van der Waals surface area contributed by atoms with Crippen molar-refractivity contribution in [3.8, 4) is 0 Å². The Bertz CT molecular complexity index is 387. The fraction of sp³-hybridized carbons (Fsp3) is 0.562. The van der Waals surface area contributed by atoms with Crippen LogP contribution in [0.5, 0.6) is 0 Å². The zero-order chi connectivity index (χ0) is 13.8. The highest BCUT2D eigenvalue weighted by Gasteiger charge is 2.26. The van der Waals surface area contributed by atoms with Crippen molar-refractivity contribution in [3.63, 3.8) is 0 Å². The minimum Gasteiger partial charge on any atom is -0.338 e. The number of carbonyl (C=O) groups is 1. The molecule has 2 heteroatoms. The van der Waals surface area contributed by atoms with Crippen molar-refractivity contribution in [2.24, 2.45) is 5.41 Å². The van der Waals surface area contributed by atoms with Gasteiger partial charge in [-0.2, -0.15) is 0 Å². The monoisotopic (exact) mass is 247 g/mol. The van der Waals surface area contributed by atoms with Gasteiger partial charge < -0.3 is 4.90 Å². The van der Waals surface area contributed by atoms with Gasteiger partial charge in [-0.1, -0.05) is 57.5 Å². The fourth-order valence-electron chi connectivity index (χ4n) is 1.91. The minimum absolute atomic E-state index is 0.227. The predicted octanol–water partition coefficient (Wildman–Crippen LogP) is 3.78. The van der Waals surface area contributed by atoms with Crippen molar-refractivity contribution < 1.29 is 4.79 Å². The standard InChI is InChI=1S/C16H25NO/c1-6-11-17(15(18)16(3,4)5)12-14-9-7-13(2)8-10-14/h7-10H,6,11-12H2,1-5H3. The van der Waals surface area contributed by atoms with Gasteiger partial charge in [0.05, 0.1) is 0 Å². The van der Waals surface area contributed by atoms with Crippen molar-refractivity contribution in [1.82, 2.24) is 4.90 Å². The highest BCUT2D eigenvalue weighted by molar-refractivity contribution is 5.81. The second-order valence-electron chi connectivity index (χ2n) is 5.96. The molecule has 0 aromatic heterocycles. The number of rotatable bonds is 4. The molecule has 0 spiro atoms. The van der Waals surface area contributed by atoms with Crippen molar-refractivity contribution in [2.75, 3.05) is 6.54 Å². The Kier molecular flexibility index (Phi) is 4.94. The molecular weight excluding hydrogens is 222 g/mol. The van der Waals surface area contributed by atoms with Gasteiger partial charge in [-0.15, -0.1) is 0 Å². The second-order valence-corrected chi connectivity index (χ2v) is 5.96. The third-order valence-corrected chi connectivity index (χ3v) is 2.92. The Hall–Kier alpha value is -1.31. The van der Waals surface area contributed by atoms with Gasteiger partial charge in [0.15, 0.2) is 0 Å². The van der Waals surface area contributed by atoms with Crippen LogP contribution in [0.3, 0.4) is 0 Å². The average Bonchev–Trinajstić information content (AvgIpc) is 2.29. The molecule has 1 aromatic rings. The third kappa shape index (κ3) is 4.17. The van der Waals surface area contributed by atoms with Crippen LogP contribution in [0.1, 0.15) is 45.2 Å². The van der Waals surface area contributed by atoms with Crippen LogP contribution in [0.4, 0.5) is 0 Å². The van der Waals surface area contributed by atoms with E-state index in [-0.39, 0.29) is 11.3 Å². The summed E-state index contributed by atoms with van der Waals surface area (Å²) in [6.45, 7) is 11.7. The molecule has 0 N–H and O–H groups in total. The quantitative estimate of drug-likeness (QED) is 0.793. The number of benzene rings is 1. The molecule has 0 aliphatic rings. The van der Waals surface area contributed by atoms with Crippen LogP contribution in [0.15, 0.2) is 24.3 Å². The highest BCUT2D eigenvalue weighted by atomic mass is 16.2. The van der Waals surface area contributed by atoms with Crippen LogP contribution in [0, 0.1) is 12.3 Å². The molecule has 0 fully saturated rings. The summed E-state index contributed by atoms with van der Waals surface area (Å²) in [5, 5.41) is 0. The van der Waals surface area contributed by atoms with Crippen LogP contribution in [0.2, 0.25) is 0 Å². The molecule has 2 nitrogen and oxygen atoms in total. The molecule has 0 radical (unpaired) electrons. The molecule has 0 aliphatic heterocycles. The van der Waals surface area contributed by atoms with E-state index in [0.29, 0.717) is 6.54 Å². The van der Waals surface area contributed by atoms with Gasteiger partial charge in [-0.3, -0.25) is 4.79 Å². The van der Waals surface area contributed by atoms with Crippen molar-refractivity contribution in [3.05, 3.63) is 35.4 Å². The molecular formula is C16H25NO. The summed E-state index contributed by atoms with van der Waals surface area (Å²) in [7, 11) is 0. The molecule has 0 aliphatic carbocycles. The van der Waals surface area contributed by atoms with Crippen molar-refractivity contribution >= 4 is 5.91 Å².